The van der Waals surface area contributed by atoms with Crippen molar-refractivity contribution in [2.75, 3.05) is 40.3 Å². The molecule has 0 amide bonds. The van der Waals surface area contributed by atoms with Crippen LogP contribution in [0, 0.1) is 0 Å². The molecule has 1 rings (SSSR count). The van der Waals surface area contributed by atoms with Gasteiger partial charge in [-0.05, 0) is 33.5 Å². The molecule has 3 nitrogen and oxygen atoms in total. The summed E-state index contributed by atoms with van der Waals surface area (Å²) in [7, 11) is 4.14. The van der Waals surface area contributed by atoms with Gasteiger partial charge in [-0.2, -0.15) is 0 Å². The van der Waals surface area contributed by atoms with Crippen LogP contribution in [0.15, 0.2) is 0 Å². The summed E-state index contributed by atoms with van der Waals surface area (Å²) in [5.74, 6) is 0. The van der Waals surface area contributed by atoms with Gasteiger partial charge in [-0.1, -0.05) is 0 Å². The molecular formula is C9H20N2O. The van der Waals surface area contributed by atoms with E-state index < -0.39 is 0 Å². The molecule has 72 valence electrons. The Hall–Kier alpha value is -0.120. The topological polar surface area (TPSA) is 24.5 Å². The minimum Gasteiger partial charge on any atom is -0.376 e. The summed E-state index contributed by atoms with van der Waals surface area (Å²) in [5.41, 5.74) is 0. The summed E-state index contributed by atoms with van der Waals surface area (Å²) < 4.78 is 5.69. The van der Waals surface area contributed by atoms with Crippen molar-refractivity contribution < 1.29 is 4.74 Å². The lowest BCUT2D eigenvalue weighted by atomic mass is 10.1. The zero-order valence-electron chi connectivity index (χ0n) is 8.18. The van der Waals surface area contributed by atoms with Crippen molar-refractivity contribution in [2.24, 2.45) is 0 Å². The average Bonchev–Trinajstić information content (AvgIpc) is 2.05. The van der Waals surface area contributed by atoms with Gasteiger partial charge in [-0.25, -0.2) is 0 Å². The standard InChI is InChI=1S/C9H20N2O/c1-11(2)6-7-12-9-4-3-5-10-8-9/h9-10H,3-8H2,1-2H3. The van der Waals surface area contributed by atoms with Gasteiger partial charge >= 0.3 is 0 Å². The predicted molar refractivity (Wildman–Crippen MR) is 50.4 cm³/mol. The Morgan fingerprint density at radius 2 is 2.33 bits per heavy atom. The fourth-order valence-corrected chi connectivity index (χ4v) is 1.36. The normalized spacial score (nSPS) is 24.8. The van der Waals surface area contributed by atoms with Gasteiger partial charge in [0.2, 0.25) is 0 Å². The number of hydrogen-bond acceptors (Lipinski definition) is 3. The molecule has 0 aliphatic carbocycles. The number of ether oxygens (including phenoxy) is 1. The van der Waals surface area contributed by atoms with Crippen molar-refractivity contribution in [2.45, 2.75) is 18.9 Å². The number of piperidine rings is 1. The van der Waals surface area contributed by atoms with Crippen LogP contribution in [0.25, 0.3) is 0 Å². The molecule has 1 fully saturated rings. The largest absolute Gasteiger partial charge is 0.376 e. The number of nitrogens with one attached hydrogen (secondary N) is 1. The smallest absolute Gasteiger partial charge is 0.0700 e. The van der Waals surface area contributed by atoms with E-state index >= 15 is 0 Å². The van der Waals surface area contributed by atoms with Crippen LogP contribution in [0.1, 0.15) is 12.8 Å². The van der Waals surface area contributed by atoms with E-state index in [1.165, 1.54) is 12.8 Å². The Morgan fingerprint density at radius 1 is 1.50 bits per heavy atom. The molecule has 0 saturated carbocycles. The fraction of sp³-hybridized carbons (Fsp3) is 1.00. The highest BCUT2D eigenvalue weighted by atomic mass is 16.5. The van der Waals surface area contributed by atoms with Crippen molar-refractivity contribution in [3.63, 3.8) is 0 Å². The third-order valence-electron chi connectivity index (χ3n) is 2.14. The minimum atomic E-state index is 0.457. The Morgan fingerprint density at radius 3 is 2.92 bits per heavy atom. The second kappa shape index (κ2) is 5.51. The third kappa shape index (κ3) is 4.04. The van der Waals surface area contributed by atoms with Gasteiger partial charge in [0.1, 0.15) is 0 Å². The highest BCUT2D eigenvalue weighted by Gasteiger charge is 2.12. The Balaban J connectivity index is 1.98. The first-order valence-corrected chi connectivity index (χ1v) is 4.76. The summed E-state index contributed by atoms with van der Waals surface area (Å²) in [6.07, 6.45) is 2.94. The second-order valence-electron chi connectivity index (χ2n) is 3.64. The van der Waals surface area contributed by atoms with Gasteiger partial charge in [-0.3, -0.25) is 0 Å². The molecule has 1 unspecified atom stereocenters. The molecule has 0 aromatic heterocycles. The lowest BCUT2D eigenvalue weighted by Crippen LogP contribution is -2.36. The maximum absolute atomic E-state index is 5.69. The van der Waals surface area contributed by atoms with Crippen LogP contribution in [0.2, 0.25) is 0 Å². The number of rotatable bonds is 4. The molecule has 1 aliphatic rings. The molecule has 1 N–H and O–H groups in total. The summed E-state index contributed by atoms with van der Waals surface area (Å²) >= 11 is 0. The summed E-state index contributed by atoms with van der Waals surface area (Å²) in [6.45, 7) is 4.08. The Labute approximate surface area is 75.1 Å². The van der Waals surface area contributed by atoms with Gasteiger partial charge in [0.05, 0.1) is 12.7 Å². The number of likely N-dealkylation sites (N-methyl/N-ethyl adjacent to an activating group) is 1. The van der Waals surface area contributed by atoms with Gasteiger partial charge in [0.25, 0.3) is 0 Å². The van der Waals surface area contributed by atoms with Crippen LogP contribution in [-0.2, 0) is 4.74 Å². The van der Waals surface area contributed by atoms with Gasteiger partial charge in [0.15, 0.2) is 0 Å². The second-order valence-corrected chi connectivity index (χ2v) is 3.64. The first-order valence-electron chi connectivity index (χ1n) is 4.76. The van der Waals surface area contributed by atoms with E-state index in [1.807, 2.05) is 0 Å². The van der Waals surface area contributed by atoms with Crippen molar-refractivity contribution in [3.05, 3.63) is 0 Å². The van der Waals surface area contributed by atoms with Gasteiger partial charge in [-0.15, -0.1) is 0 Å². The molecule has 3 heteroatoms. The van der Waals surface area contributed by atoms with E-state index in [4.69, 9.17) is 4.74 Å². The molecule has 12 heavy (non-hydrogen) atoms. The van der Waals surface area contributed by atoms with Crippen LogP contribution in [0.4, 0.5) is 0 Å². The first kappa shape index (κ1) is 9.96. The average molecular weight is 172 g/mol. The molecule has 0 aromatic carbocycles. The van der Waals surface area contributed by atoms with Crippen molar-refractivity contribution >= 4 is 0 Å². The molecule has 1 atom stereocenters. The first-order chi connectivity index (χ1) is 5.79. The fourth-order valence-electron chi connectivity index (χ4n) is 1.36. The Bertz CT molecular complexity index is 111. The van der Waals surface area contributed by atoms with E-state index in [2.05, 4.69) is 24.3 Å². The van der Waals surface area contributed by atoms with Gasteiger partial charge < -0.3 is 15.0 Å². The van der Waals surface area contributed by atoms with Crippen molar-refractivity contribution in [1.82, 2.24) is 10.2 Å². The zero-order valence-corrected chi connectivity index (χ0v) is 8.18. The van der Waals surface area contributed by atoms with Crippen LogP contribution in [0.3, 0.4) is 0 Å². The molecule has 1 saturated heterocycles. The third-order valence-corrected chi connectivity index (χ3v) is 2.14. The van der Waals surface area contributed by atoms with Crippen LogP contribution >= 0.6 is 0 Å². The lowest BCUT2D eigenvalue weighted by molar-refractivity contribution is 0.0295. The summed E-state index contributed by atoms with van der Waals surface area (Å²) in [6, 6.07) is 0. The van der Waals surface area contributed by atoms with Crippen LogP contribution in [-0.4, -0.2) is 51.3 Å². The molecule has 0 bridgehead atoms. The van der Waals surface area contributed by atoms with Crippen molar-refractivity contribution in [1.29, 1.82) is 0 Å². The highest BCUT2D eigenvalue weighted by molar-refractivity contribution is 4.68. The quantitative estimate of drug-likeness (QED) is 0.661. The van der Waals surface area contributed by atoms with E-state index in [1.54, 1.807) is 0 Å². The van der Waals surface area contributed by atoms with Crippen LogP contribution in [0.5, 0.6) is 0 Å². The van der Waals surface area contributed by atoms with E-state index in [0.29, 0.717) is 6.10 Å². The number of nitrogens with zero attached hydrogens (tertiary/aromatic N) is 1. The molecular weight excluding hydrogens is 152 g/mol. The molecule has 0 aromatic rings. The van der Waals surface area contributed by atoms with Gasteiger partial charge in [0, 0.05) is 13.1 Å². The lowest BCUT2D eigenvalue weighted by Gasteiger charge is -2.23. The molecule has 1 heterocycles. The zero-order chi connectivity index (χ0) is 8.81. The van der Waals surface area contributed by atoms with Crippen LogP contribution < -0.4 is 5.32 Å². The summed E-state index contributed by atoms with van der Waals surface area (Å²) in [5, 5.41) is 3.33. The van der Waals surface area contributed by atoms with E-state index in [9.17, 15) is 0 Å². The molecule has 0 radical (unpaired) electrons. The molecule has 0 spiro atoms. The summed E-state index contributed by atoms with van der Waals surface area (Å²) in [4.78, 5) is 2.15. The van der Waals surface area contributed by atoms with Crippen molar-refractivity contribution in [3.8, 4) is 0 Å². The Kier molecular flexibility index (Phi) is 4.58. The minimum absolute atomic E-state index is 0.457. The maximum Gasteiger partial charge on any atom is 0.0700 e. The van der Waals surface area contributed by atoms with E-state index in [-0.39, 0.29) is 0 Å². The monoisotopic (exact) mass is 172 g/mol. The molecule has 1 aliphatic heterocycles. The van der Waals surface area contributed by atoms with E-state index in [0.717, 1.165) is 26.2 Å². The predicted octanol–water partition coefficient (Wildman–Crippen LogP) is 0.317. The highest BCUT2D eigenvalue weighted by Crippen LogP contribution is 2.05. The SMILES string of the molecule is CN(C)CCOC1CCCNC1. The maximum atomic E-state index is 5.69. The number of hydrogen-bond donors (Lipinski definition) is 1.